The Hall–Kier alpha value is -1.56. The fourth-order valence-corrected chi connectivity index (χ4v) is 3.13. The zero-order valence-electron chi connectivity index (χ0n) is 15.2. The van der Waals surface area contributed by atoms with Crippen LogP contribution >= 0.6 is 0 Å². The van der Waals surface area contributed by atoms with Crippen LogP contribution in [0.3, 0.4) is 0 Å². The number of unbranched alkanes of at least 4 members (excludes halogenated alkanes) is 2. The number of aromatic nitrogens is 2. The fourth-order valence-electron chi connectivity index (χ4n) is 3.13. The molecule has 1 aromatic rings. The van der Waals surface area contributed by atoms with Crippen LogP contribution in [0.2, 0.25) is 0 Å². The number of rotatable bonds is 10. The van der Waals surface area contributed by atoms with E-state index in [0.717, 1.165) is 32.0 Å². The molecule has 1 aliphatic rings. The average Bonchev–Trinajstić information content (AvgIpc) is 3.14. The first-order valence-electron chi connectivity index (χ1n) is 9.53. The summed E-state index contributed by atoms with van der Waals surface area (Å²) in [6, 6.07) is 1.96. The molecular formula is C18H34N6. The number of hydrogen-bond donors (Lipinski definition) is 2. The molecule has 0 unspecified atom stereocenters. The molecule has 6 nitrogen and oxygen atoms in total. The second-order valence-electron chi connectivity index (χ2n) is 6.51. The van der Waals surface area contributed by atoms with E-state index < -0.39 is 0 Å². The van der Waals surface area contributed by atoms with Crippen LogP contribution < -0.4 is 10.6 Å². The molecule has 2 heterocycles. The van der Waals surface area contributed by atoms with Gasteiger partial charge in [0.05, 0.1) is 0 Å². The summed E-state index contributed by atoms with van der Waals surface area (Å²) in [5.74, 6) is 0.909. The molecule has 0 atom stereocenters. The normalized spacial score (nSPS) is 16.3. The maximum absolute atomic E-state index is 4.28. The van der Waals surface area contributed by atoms with E-state index in [4.69, 9.17) is 0 Å². The van der Waals surface area contributed by atoms with Crippen molar-refractivity contribution in [2.45, 2.75) is 51.5 Å². The first-order chi connectivity index (χ1) is 11.9. The van der Waals surface area contributed by atoms with Crippen LogP contribution in [0.1, 0.15) is 44.9 Å². The van der Waals surface area contributed by atoms with Crippen molar-refractivity contribution in [2.24, 2.45) is 4.99 Å². The second-order valence-corrected chi connectivity index (χ2v) is 6.51. The Morgan fingerprint density at radius 3 is 2.50 bits per heavy atom. The van der Waals surface area contributed by atoms with Gasteiger partial charge in [-0.2, -0.15) is 5.10 Å². The van der Waals surface area contributed by atoms with Crippen molar-refractivity contribution >= 4 is 5.96 Å². The molecule has 1 aromatic heterocycles. The molecular weight excluding hydrogens is 300 g/mol. The first kappa shape index (κ1) is 18.8. The van der Waals surface area contributed by atoms with Crippen molar-refractivity contribution in [2.75, 3.05) is 39.8 Å². The smallest absolute Gasteiger partial charge is 0.190 e. The van der Waals surface area contributed by atoms with Gasteiger partial charge in [-0.15, -0.1) is 0 Å². The molecule has 6 heteroatoms. The average molecular weight is 335 g/mol. The summed E-state index contributed by atoms with van der Waals surface area (Å²) in [6.45, 7) is 6.75. The highest BCUT2D eigenvalue weighted by molar-refractivity contribution is 5.79. The molecule has 0 spiro atoms. The Morgan fingerprint density at radius 2 is 1.79 bits per heavy atom. The van der Waals surface area contributed by atoms with Gasteiger partial charge >= 0.3 is 0 Å². The monoisotopic (exact) mass is 334 g/mol. The number of likely N-dealkylation sites (tertiary alicyclic amines) is 1. The Kier molecular flexibility index (Phi) is 9.31. The number of guanidine groups is 1. The van der Waals surface area contributed by atoms with Crippen LogP contribution in [0.4, 0.5) is 0 Å². The predicted molar refractivity (Wildman–Crippen MR) is 100 cm³/mol. The van der Waals surface area contributed by atoms with Gasteiger partial charge in [0.2, 0.25) is 0 Å². The summed E-state index contributed by atoms with van der Waals surface area (Å²) in [7, 11) is 1.83. The molecule has 1 aliphatic heterocycles. The van der Waals surface area contributed by atoms with E-state index in [-0.39, 0.29) is 0 Å². The largest absolute Gasteiger partial charge is 0.356 e. The summed E-state index contributed by atoms with van der Waals surface area (Å²) in [6.07, 6.45) is 12.9. The third-order valence-electron chi connectivity index (χ3n) is 4.53. The molecule has 2 N–H and O–H groups in total. The van der Waals surface area contributed by atoms with Crippen molar-refractivity contribution in [3.05, 3.63) is 18.5 Å². The summed E-state index contributed by atoms with van der Waals surface area (Å²) in [5, 5.41) is 11.0. The molecule has 0 aromatic carbocycles. The van der Waals surface area contributed by atoms with E-state index in [1.807, 2.05) is 30.2 Å². The molecule has 2 rings (SSSR count). The van der Waals surface area contributed by atoms with E-state index in [1.54, 1.807) is 0 Å². The molecule has 136 valence electrons. The summed E-state index contributed by atoms with van der Waals surface area (Å²) < 4.78 is 1.96. The van der Waals surface area contributed by atoms with Crippen LogP contribution in [-0.2, 0) is 6.54 Å². The van der Waals surface area contributed by atoms with Gasteiger partial charge in [-0.25, -0.2) is 0 Å². The number of hydrogen-bond acceptors (Lipinski definition) is 3. The number of piperidine rings is 1. The Bertz CT molecular complexity index is 436. The van der Waals surface area contributed by atoms with Crippen LogP contribution in [0.5, 0.6) is 0 Å². The third kappa shape index (κ3) is 7.81. The first-order valence-corrected chi connectivity index (χ1v) is 9.53. The van der Waals surface area contributed by atoms with E-state index in [1.165, 1.54) is 58.2 Å². The Morgan fingerprint density at radius 1 is 1.00 bits per heavy atom. The van der Waals surface area contributed by atoms with Crippen molar-refractivity contribution in [3.63, 3.8) is 0 Å². The van der Waals surface area contributed by atoms with Crippen molar-refractivity contribution < 1.29 is 0 Å². The quantitative estimate of drug-likeness (QED) is 0.391. The van der Waals surface area contributed by atoms with Gasteiger partial charge in [-0.3, -0.25) is 9.67 Å². The molecule has 0 aliphatic carbocycles. The lowest BCUT2D eigenvalue weighted by atomic mass is 10.1. The molecule has 1 fully saturated rings. The highest BCUT2D eigenvalue weighted by Gasteiger charge is 2.08. The maximum Gasteiger partial charge on any atom is 0.190 e. The van der Waals surface area contributed by atoms with E-state index in [9.17, 15) is 0 Å². The van der Waals surface area contributed by atoms with Crippen molar-refractivity contribution in [1.82, 2.24) is 25.3 Å². The lowest BCUT2D eigenvalue weighted by Gasteiger charge is -2.26. The number of aliphatic imine (C=N–C) groups is 1. The minimum Gasteiger partial charge on any atom is -0.356 e. The Labute approximate surface area is 146 Å². The highest BCUT2D eigenvalue weighted by Crippen LogP contribution is 2.09. The summed E-state index contributed by atoms with van der Waals surface area (Å²) in [4.78, 5) is 6.90. The van der Waals surface area contributed by atoms with E-state index >= 15 is 0 Å². The molecule has 24 heavy (non-hydrogen) atoms. The van der Waals surface area contributed by atoms with Crippen molar-refractivity contribution in [1.29, 1.82) is 0 Å². The fraction of sp³-hybridized carbons (Fsp3) is 0.778. The molecule has 0 radical (unpaired) electrons. The van der Waals surface area contributed by atoms with E-state index in [0.29, 0.717) is 0 Å². The lowest BCUT2D eigenvalue weighted by Crippen LogP contribution is -2.38. The molecule has 0 amide bonds. The summed E-state index contributed by atoms with van der Waals surface area (Å²) >= 11 is 0. The zero-order chi connectivity index (χ0) is 16.9. The van der Waals surface area contributed by atoms with Crippen LogP contribution in [-0.4, -0.2) is 60.4 Å². The number of nitrogens with zero attached hydrogens (tertiary/aromatic N) is 4. The summed E-state index contributed by atoms with van der Waals surface area (Å²) in [5.41, 5.74) is 0. The second kappa shape index (κ2) is 11.9. The van der Waals surface area contributed by atoms with Gasteiger partial charge in [0.1, 0.15) is 0 Å². The minimum atomic E-state index is 0.909. The zero-order valence-corrected chi connectivity index (χ0v) is 15.2. The van der Waals surface area contributed by atoms with Gasteiger partial charge in [-0.05, 0) is 57.8 Å². The third-order valence-corrected chi connectivity index (χ3v) is 4.53. The van der Waals surface area contributed by atoms with E-state index in [2.05, 4.69) is 25.6 Å². The van der Waals surface area contributed by atoms with Crippen LogP contribution in [0, 0.1) is 0 Å². The minimum absolute atomic E-state index is 0.909. The standard InChI is InChI=1S/C18H34N6/c1-19-18(21-11-8-16-24-17-9-12-22-24)20-10-4-2-5-13-23-14-6-3-7-15-23/h9,12,17H,2-8,10-11,13-16H2,1H3,(H2,19,20,21). The van der Waals surface area contributed by atoms with Gasteiger partial charge in [0.25, 0.3) is 0 Å². The van der Waals surface area contributed by atoms with Gasteiger partial charge in [-0.1, -0.05) is 12.8 Å². The van der Waals surface area contributed by atoms with Gasteiger partial charge < -0.3 is 15.5 Å². The molecule has 0 saturated carbocycles. The SMILES string of the molecule is CN=C(NCCCCCN1CCCCC1)NCCCn1cccn1. The van der Waals surface area contributed by atoms with Crippen molar-refractivity contribution in [3.8, 4) is 0 Å². The van der Waals surface area contributed by atoms with Gasteiger partial charge in [0.15, 0.2) is 5.96 Å². The number of aryl methyl sites for hydroxylation is 1. The topological polar surface area (TPSA) is 57.5 Å². The van der Waals surface area contributed by atoms with Crippen LogP contribution in [0.25, 0.3) is 0 Å². The Balaban J connectivity index is 1.43. The highest BCUT2D eigenvalue weighted by atomic mass is 15.3. The van der Waals surface area contributed by atoms with Gasteiger partial charge in [0, 0.05) is 39.1 Å². The molecule has 0 bridgehead atoms. The van der Waals surface area contributed by atoms with Crippen LogP contribution in [0.15, 0.2) is 23.5 Å². The lowest BCUT2D eigenvalue weighted by molar-refractivity contribution is 0.224. The molecule has 1 saturated heterocycles. The predicted octanol–water partition coefficient (Wildman–Crippen LogP) is 2.09. The maximum atomic E-state index is 4.28. The number of nitrogens with one attached hydrogen (secondary N) is 2.